The van der Waals surface area contributed by atoms with E-state index < -0.39 is 20.0 Å². The predicted octanol–water partition coefficient (Wildman–Crippen LogP) is 1.87. The Balaban J connectivity index is 2.33. The summed E-state index contributed by atoms with van der Waals surface area (Å²) in [6.45, 7) is 0. The van der Waals surface area contributed by atoms with Gasteiger partial charge in [-0.2, -0.15) is 0 Å². The van der Waals surface area contributed by atoms with Gasteiger partial charge in [0, 0.05) is 0 Å². The number of anilines is 2. The molecule has 0 aliphatic heterocycles. The van der Waals surface area contributed by atoms with Gasteiger partial charge < -0.3 is 4.74 Å². The number of ether oxygens (including phenoxy) is 1. The van der Waals surface area contributed by atoms with Gasteiger partial charge in [0.05, 0.1) is 29.6 Å². The molecule has 0 radical (unpaired) electrons. The highest BCUT2D eigenvalue weighted by atomic mass is 32.2. The Morgan fingerprint density at radius 3 is 1.83 bits per heavy atom. The largest absolute Gasteiger partial charge is 0.497 e. The number of nitrogens with one attached hydrogen (secondary N) is 2. The standard InChI is InChI=1S/C14H16N2O5S2/c1-21-11-7-9-12(10-8-11)23(19,20)16-14-6-4-3-5-13(14)15-22(2,17)18/h3-10,15-16H,1-2H3. The molecule has 0 heterocycles. The van der Waals surface area contributed by atoms with Crippen molar-refractivity contribution in [2.75, 3.05) is 22.8 Å². The third-order valence-corrected chi connectivity index (χ3v) is 4.81. The van der Waals surface area contributed by atoms with Crippen LogP contribution in [-0.2, 0) is 20.0 Å². The first kappa shape index (κ1) is 17.1. The maximum Gasteiger partial charge on any atom is 0.261 e. The van der Waals surface area contributed by atoms with Gasteiger partial charge >= 0.3 is 0 Å². The van der Waals surface area contributed by atoms with Gasteiger partial charge in [0.15, 0.2) is 0 Å². The zero-order valence-corrected chi connectivity index (χ0v) is 14.1. The highest BCUT2D eigenvalue weighted by Gasteiger charge is 2.17. The van der Waals surface area contributed by atoms with Gasteiger partial charge in [-0.15, -0.1) is 0 Å². The molecule has 0 bridgehead atoms. The zero-order chi connectivity index (χ0) is 17.1. The Labute approximate surface area is 135 Å². The number of sulfonamides is 2. The molecule has 2 aromatic rings. The predicted molar refractivity (Wildman–Crippen MR) is 88.7 cm³/mol. The van der Waals surface area contributed by atoms with Crippen LogP contribution in [-0.4, -0.2) is 30.2 Å². The van der Waals surface area contributed by atoms with E-state index >= 15 is 0 Å². The van der Waals surface area contributed by atoms with E-state index in [1.807, 2.05) is 0 Å². The molecule has 9 heteroatoms. The van der Waals surface area contributed by atoms with Gasteiger partial charge in [-0.05, 0) is 36.4 Å². The summed E-state index contributed by atoms with van der Waals surface area (Å²) in [6.07, 6.45) is 0.988. The van der Waals surface area contributed by atoms with Crippen molar-refractivity contribution in [3.63, 3.8) is 0 Å². The van der Waals surface area contributed by atoms with E-state index in [1.54, 1.807) is 12.1 Å². The fourth-order valence-corrected chi connectivity index (χ4v) is 3.48. The van der Waals surface area contributed by atoms with Crippen LogP contribution in [0.15, 0.2) is 53.4 Å². The summed E-state index contributed by atoms with van der Waals surface area (Å²) in [4.78, 5) is 0.0347. The van der Waals surface area contributed by atoms with Crippen LogP contribution in [0, 0.1) is 0 Å². The van der Waals surface area contributed by atoms with Crippen LogP contribution >= 0.6 is 0 Å². The van der Waals surface area contributed by atoms with Crippen LogP contribution in [0.25, 0.3) is 0 Å². The average Bonchev–Trinajstić information content (AvgIpc) is 2.48. The Hall–Kier alpha value is -2.26. The third kappa shape index (κ3) is 4.60. The normalized spacial score (nSPS) is 11.7. The highest BCUT2D eigenvalue weighted by molar-refractivity contribution is 7.93. The first-order valence-corrected chi connectivity index (χ1v) is 9.82. The van der Waals surface area contributed by atoms with Gasteiger partial charge in [0.1, 0.15) is 5.75 Å². The lowest BCUT2D eigenvalue weighted by molar-refractivity contribution is 0.414. The molecule has 2 rings (SSSR count). The molecular formula is C14H16N2O5S2. The van der Waals surface area contributed by atoms with Crippen LogP contribution in [0.1, 0.15) is 0 Å². The molecule has 7 nitrogen and oxygen atoms in total. The minimum Gasteiger partial charge on any atom is -0.497 e. The molecule has 0 amide bonds. The van der Waals surface area contributed by atoms with Gasteiger partial charge in [-0.1, -0.05) is 12.1 Å². The van der Waals surface area contributed by atoms with Crippen LogP contribution in [0.2, 0.25) is 0 Å². The second-order valence-electron chi connectivity index (χ2n) is 4.70. The zero-order valence-electron chi connectivity index (χ0n) is 12.5. The summed E-state index contributed by atoms with van der Waals surface area (Å²) in [5, 5.41) is 0. The monoisotopic (exact) mass is 356 g/mol. The van der Waals surface area contributed by atoms with E-state index in [1.165, 1.54) is 43.5 Å². The van der Waals surface area contributed by atoms with Gasteiger partial charge in [0.25, 0.3) is 10.0 Å². The number of methoxy groups -OCH3 is 1. The molecule has 0 aliphatic carbocycles. The van der Waals surface area contributed by atoms with Crippen molar-refractivity contribution in [3.05, 3.63) is 48.5 Å². The van der Waals surface area contributed by atoms with E-state index in [-0.39, 0.29) is 16.3 Å². The van der Waals surface area contributed by atoms with E-state index in [9.17, 15) is 16.8 Å². The van der Waals surface area contributed by atoms with Gasteiger partial charge in [-0.3, -0.25) is 9.44 Å². The van der Waals surface area contributed by atoms with Crippen molar-refractivity contribution in [1.82, 2.24) is 0 Å². The van der Waals surface area contributed by atoms with Crippen molar-refractivity contribution in [1.29, 1.82) is 0 Å². The molecule has 2 aromatic carbocycles. The lowest BCUT2D eigenvalue weighted by Gasteiger charge is -2.13. The minimum atomic E-state index is -3.86. The molecular weight excluding hydrogens is 340 g/mol. The Bertz CT molecular complexity index is 891. The number of rotatable bonds is 6. The molecule has 0 saturated carbocycles. The van der Waals surface area contributed by atoms with Crippen LogP contribution < -0.4 is 14.2 Å². The minimum absolute atomic E-state index is 0.0347. The smallest absolute Gasteiger partial charge is 0.261 e. The maximum atomic E-state index is 12.4. The molecule has 0 unspecified atom stereocenters. The van der Waals surface area contributed by atoms with Crippen molar-refractivity contribution >= 4 is 31.4 Å². The Morgan fingerprint density at radius 2 is 1.35 bits per heavy atom. The third-order valence-electron chi connectivity index (χ3n) is 2.84. The molecule has 0 spiro atoms. The van der Waals surface area contributed by atoms with E-state index in [4.69, 9.17) is 4.74 Å². The molecule has 23 heavy (non-hydrogen) atoms. The fourth-order valence-electron chi connectivity index (χ4n) is 1.82. The molecule has 0 saturated heterocycles. The number of hydrogen-bond donors (Lipinski definition) is 2. The van der Waals surface area contributed by atoms with E-state index in [0.717, 1.165) is 6.26 Å². The number of benzene rings is 2. The van der Waals surface area contributed by atoms with Crippen LogP contribution in [0.4, 0.5) is 11.4 Å². The summed E-state index contributed by atoms with van der Waals surface area (Å²) in [7, 11) is -5.91. The molecule has 0 atom stereocenters. The molecule has 2 N–H and O–H groups in total. The van der Waals surface area contributed by atoms with Crippen molar-refractivity contribution in [3.8, 4) is 5.75 Å². The molecule has 0 aromatic heterocycles. The van der Waals surface area contributed by atoms with Crippen molar-refractivity contribution in [2.45, 2.75) is 4.90 Å². The highest BCUT2D eigenvalue weighted by Crippen LogP contribution is 2.25. The molecule has 124 valence electrons. The first-order chi connectivity index (χ1) is 10.7. The molecule has 0 fully saturated rings. The fraction of sp³-hybridized carbons (Fsp3) is 0.143. The molecule has 0 aliphatic rings. The quantitative estimate of drug-likeness (QED) is 0.823. The van der Waals surface area contributed by atoms with Crippen molar-refractivity contribution in [2.24, 2.45) is 0 Å². The van der Waals surface area contributed by atoms with Crippen LogP contribution in [0.3, 0.4) is 0 Å². The SMILES string of the molecule is COc1ccc(S(=O)(=O)Nc2ccccc2NS(C)(=O)=O)cc1. The topological polar surface area (TPSA) is 102 Å². The summed E-state index contributed by atoms with van der Waals surface area (Å²) in [6, 6.07) is 12.0. The number of para-hydroxylation sites is 2. The number of hydrogen-bond acceptors (Lipinski definition) is 5. The van der Waals surface area contributed by atoms with Gasteiger partial charge in [-0.25, -0.2) is 16.8 Å². The second-order valence-corrected chi connectivity index (χ2v) is 8.13. The Kier molecular flexibility index (Phi) is 4.81. The average molecular weight is 356 g/mol. The summed E-state index contributed by atoms with van der Waals surface area (Å²) in [5.41, 5.74) is 0.279. The van der Waals surface area contributed by atoms with Crippen molar-refractivity contribution < 1.29 is 21.6 Å². The van der Waals surface area contributed by atoms with Crippen LogP contribution in [0.5, 0.6) is 5.75 Å². The summed E-state index contributed by atoms with van der Waals surface area (Å²) < 4.78 is 57.1. The lowest BCUT2D eigenvalue weighted by Crippen LogP contribution is -2.16. The lowest BCUT2D eigenvalue weighted by atomic mass is 10.3. The van der Waals surface area contributed by atoms with E-state index in [2.05, 4.69) is 9.44 Å². The maximum absolute atomic E-state index is 12.4. The van der Waals surface area contributed by atoms with Gasteiger partial charge in [0.2, 0.25) is 10.0 Å². The first-order valence-electron chi connectivity index (χ1n) is 6.45. The summed E-state index contributed by atoms with van der Waals surface area (Å²) >= 11 is 0. The second kappa shape index (κ2) is 6.47. The van der Waals surface area contributed by atoms with E-state index in [0.29, 0.717) is 5.75 Å². The Morgan fingerprint density at radius 1 is 0.826 bits per heavy atom. The summed E-state index contributed by atoms with van der Waals surface area (Å²) in [5.74, 6) is 0.531.